The van der Waals surface area contributed by atoms with Crippen LogP contribution in [0.2, 0.25) is 0 Å². The zero-order chi connectivity index (χ0) is 18.9. The van der Waals surface area contributed by atoms with Gasteiger partial charge in [0.2, 0.25) is 0 Å². The van der Waals surface area contributed by atoms with Crippen molar-refractivity contribution in [1.29, 1.82) is 0 Å². The van der Waals surface area contributed by atoms with E-state index in [9.17, 15) is 0 Å². The van der Waals surface area contributed by atoms with Gasteiger partial charge in [0.15, 0.2) is 11.8 Å². The predicted molar refractivity (Wildman–Crippen MR) is 102 cm³/mol. The minimum atomic E-state index is 0.474. The van der Waals surface area contributed by atoms with Crippen molar-refractivity contribution in [2.75, 3.05) is 39.3 Å². The molecule has 0 aliphatic rings. The van der Waals surface area contributed by atoms with E-state index in [1.807, 2.05) is 55.7 Å². The van der Waals surface area contributed by atoms with E-state index in [0.29, 0.717) is 32.2 Å². The highest BCUT2D eigenvalue weighted by molar-refractivity contribution is 5.79. The number of nitrogens with zero attached hydrogens (tertiary/aromatic N) is 6. The van der Waals surface area contributed by atoms with Crippen LogP contribution < -0.4 is 15.5 Å². The largest absolute Gasteiger partial charge is 0.383 e. The number of nitrogens with one attached hydrogen (secondary N) is 2. The molecule has 0 saturated carbocycles. The fourth-order valence-electron chi connectivity index (χ4n) is 2.18. The molecule has 2 aromatic rings. The summed E-state index contributed by atoms with van der Waals surface area (Å²) in [6.07, 6.45) is 0. The normalized spacial score (nSPS) is 11.5. The number of hydrogen-bond donors (Lipinski definition) is 2. The quantitative estimate of drug-likeness (QED) is 0.401. The summed E-state index contributed by atoms with van der Waals surface area (Å²) in [6, 6.07) is 5.93. The molecule has 0 fully saturated rings. The second-order valence-electron chi connectivity index (χ2n) is 6.04. The Labute approximate surface area is 154 Å². The first kappa shape index (κ1) is 19.6. The van der Waals surface area contributed by atoms with Gasteiger partial charge in [-0.1, -0.05) is 6.07 Å². The first-order chi connectivity index (χ1) is 12.5. The minimum absolute atomic E-state index is 0.474. The third-order valence-corrected chi connectivity index (χ3v) is 3.84. The molecule has 26 heavy (non-hydrogen) atoms. The Hall–Kier alpha value is -2.68. The maximum Gasteiger partial charge on any atom is 0.192 e. The number of guanidine groups is 1. The van der Waals surface area contributed by atoms with E-state index in [1.54, 1.807) is 7.11 Å². The molecule has 0 bridgehead atoms. The van der Waals surface area contributed by atoms with E-state index >= 15 is 0 Å². The Morgan fingerprint density at radius 3 is 2.73 bits per heavy atom. The van der Waals surface area contributed by atoms with Gasteiger partial charge in [-0.25, -0.2) is 9.98 Å². The smallest absolute Gasteiger partial charge is 0.192 e. The molecular weight excluding hydrogens is 332 g/mol. The van der Waals surface area contributed by atoms with Crippen molar-refractivity contribution in [3.63, 3.8) is 0 Å². The molecule has 0 aliphatic heterocycles. The van der Waals surface area contributed by atoms with Crippen LogP contribution in [0.4, 0.5) is 5.82 Å². The number of rotatable bonds is 8. The van der Waals surface area contributed by atoms with Crippen molar-refractivity contribution in [3.05, 3.63) is 35.5 Å². The summed E-state index contributed by atoms with van der Waals surface area (Å²) in [4.78, 5) is 11.2. The Bertz CT molecular complexity index is 725. The average molecular weight is 360 g/mol. The number of anilines is 1. The van der Waals surface area contributed by atoms with Gasteiger partial charge in [0.05, 0.1) is 25.4 Å². The summed E-state index contributed by atoms with van der Waals surface area (Å²) in [6.45, 7) is 4.18. The molecule has 142 valence electrons. The van der Waals surface area contributed by atoms with Gasteiger partial charge in [0, 0.05) is 34.8 Å². The van der Waals surface area contributed by atoms with Crippen LogP contribution in [0.5, 0.6) is 0 Å². The number of hydrogen-bond acceptors (Lipinski definition) is 6. The molecule has 0 saturated heterocycles. The SMILES string of the molecule is COCCNC(=NCc1cccc(N(C)C)n1)NCc1nnc(C)n1C. The molecule has 0 unspecified atom stereocenters. The Morgan fingerprint density at radius 1 is 1.27 bits per heavy atom. The van der Waals surface area contributed by atoms with Gasteiger partial charge < -0.3 is 24.8 Å². The molecule has 0 amide bonds. The van der Waals surface area contributed by atoms with E-state index in [2.05, 4.69) is 30.8 Å². The molecule has 0 spiro atoms. The number of methoxy groups -OCH3 is 1. The van der Waals surface area contributed by atoms with Gasteiger partial charge in [-0.05, 0) is 19.1 Å². The van der Waals surface area contributed by atoms with Crippen molar-refractivity contribution in [3.8, 4) is 0 Å². The van der Waals surface area contributed by atoms with Gasteiger partial charge in [-0.3, -0.25) is 0 Å². The van der Waals surface area contributed by atoms with Gasteiger partial charge in [0.1, 0.15) is 11.6 Å². The maximum absolute atomic E-state index is 5.09. The van der Waals surface area contributed by atoms with Crippen molar-refractivity contribution in [2.45, 2.75) is 20.0 Å². The minimum Gasteiger partial charge on any atom is -0.383 e. The molecule has 0 aliphatic carbocycles. The second-order valence-corrected chi connectivity index (χ2v) is 6.04. The van der Waals surface area contributed by atoms with Crippen LogP contribution in [0.25, 0.3) is 0 Å². The van der Waals surface area contributed by atoms with E-state index < -0.39 is 0 Å². The van der Waals surface area contributed by atoms with E-state index in [4.69, 9.17) is 4.74 Å². The van der Waals surface area contributed by atoms with Crippen LogP contribution in [0, 0.1) is 6.92 Å². The summed E-state index contributed by atoms with van der Waals surface area (Å²) in [5.41, 5.74) is 0.901. The van der Waals surface area contributed by atoms with Gasteiger partial charge in [-0.2, -0.15) is 0 Å². The number of ether oxygens (including phenoxy) is 1. The summed E-state index contributed by atoms with van der Waals surface area (Å²) in [7, 11) is 7.55. The van der Waals surface area contributed by atoms with E-state index in [1.165, 1.54) is 0 Å². The molecule has 2 aromatic heterocycles. The zero-order valence-corrected chi connectivity index (χ0v) is 16.2. The number of pyridine rings is 1. The molecule has 2 N–H and O–H groups in total. The van der Waals surface area contributed by atoms with Crippen LogP contribution in [0.15, 0.2) is 23.2 Å². The number of aromatic nitrogens is 4. The van der Waals surface area contributed by atoms with Crippen molar-refractivity contribution in [1.82, 2.24) is 30.4 Å². The summed E-state index contributed by atoms with van der Waals surface area (Å²) >= 11 is 0. The first-order valence-corrected chi connectivity index (χ1v) is 8.50. The van der Waals surface area contributed by atoms with Crippen molar-refractivity contribution >= 4 is 11.8 Å². The lowest BCUT2D eigenvalue weighted by molar-refractivity contribution is 0.203. The van der Waals surface area contributed by atoms with Crippen LogP contribution in [0.3, 0.4) is 0 Å². The Kier molecular flexibility index (Phi) is 7.34. The second kappa shape index (κ2) is 9.71. The molecule has 2 heterocycles. The third-order valence-electron chi connectivity index (χ3n) is 3.84. The first-order valence-electron chi connectivity index (χ1n) is 8.50. The van der Waals surface area contributed by atoms with E-state index in [-0.39, 0.29) is 0 Å². The van der Waals surface area contributed by atoms with E-state index in [0.717, 1.165) is 23.2 Å². The summed E-state index contributed by atoms with van der Waals surface area (Å²) < 4.78 is 7.04. The molecule has 0 radical (unpaired) electrons. The summed E-state index contributed by atoms with van der Waals surface area (Å²) in [5, 5.41) is 14.7. The van der Waals surface area contributed by atoms with Crippen LogP contribution >= 0.6 is 0 Å². The monoisotopic (exact) mass is 360 g/mol. The summed E-state index contributed by atoms with van der Waals surface area (Å²) in [5.74, 6) is 3.31. The van der Waals surface area contributed by atoms with Gasteiger partial charge in [0.25, 0.3) is 0 Å². The average Bonchev–Trinajstić information content (AvgIpc) is 2.96. The third kappa shape index (κ3) is 5.69. The molecule has 9 heteroatoms. The Morgan fingerprint density at radius 2 is 2.08 bits per heavy atom. The number of aliphatic imine (C=N–C) groups is 1. The molecule has 2 rings (SSSR count). The van der Waals surface area contributed by atoms with Crippen LogP contribution in [-0.2, 0) is 24.9 Å². The van der Waals surface area contributed by atoms with Crippen LogP contribution in [0.1, 0.15) is 17.3 Å². The van der Waals surface area contributed by atoms with Crippen molar-refractivity contribution in [2.24, 2.45) is 12.0 Å². The lowest BCUT2D eigenvalue weighted by Crippen LogP contribution is -2.39. The predicted octanol–water partition coefficient (Wildman–Crippen LogP) is 0.466. The highest BCUT2D eigenvalue weighted by Crippen LogP contribution is 2.08. The Balaban J connectivity index is 2.03. The fraction of sp³-hybridized carbons (Fsp3) is 0.529. The van der Waals surface area contributed by atoms with Crippen molar-refractivity contribution < 1.29 is 4.74 Å². The van der Waals surface area contributed by atoms with Gasteiger partial charge in [-0.15, -0.1) is 10.2 Å². The maximum atomic E-state index is 5.09. The topological polar surface area (TPSA) is 92.5 Å². The number of aryl methyl sites for hydroxylation is 1. The molecule has 9 nitrogen and oxygen atoms in total. The lowest BCUT2D eigenvalue weighted by atomic mass is 10.3. The molecule has 0 atom stereocenters. The molecular formula is C17H28N8O. The highest BCUT2D eigenvalue weighted by atomic mass is 16.5. The lowest BCUT2D eigenvalue weighted by Gasteiger charge is -2.13. The molecule has 0 aromatic carbocycles. The van der Waals surface area contributed by atoms with Gasteiger partial charge >= 0.3 is 0 Å². The van der Waals surface area contributed by atoms with Crippen LogP contribution in [-0.4, -0.2) is 60.1 Å². The zero-order valence-electron chi connectivity index (χ0n) is 16.2. The standard InChI is InChI=1S/C17H28N8O/c1-13-22-23-16(25(13)4)12-20-17(18-9-10-26-5)19-11-14-7-6-8-15(21-14)24(2)3/h6-8H,9-12H2,1-5H3,(H2,18,19,20). The fourth-order valence-corrected chi connectivity index (χ4v) is 2.18. The highest BCUT2D eigenvalue weighted by Gasteiger charge is 2.06.